The first-order valence-corrected chi connectivity index (χ1v) is 7.80. The van der Waals surface area contributed by atoms with Gasteiger partial charge in [0, 0.05) is 19.0 Å². The van der Waals surface area contributed by atoms with Crippen molar-refractivity contribution in [3.05, 3.63) is 22.4 Å². The lowest BCUT2D eigenvalue weighted by molar-refractivity contribution is -0.139. The Hall–Kier alpha value is -0.870. The second-order valence-corrected chi connectivity index (χ2v) is 6.11. The van der Waals surface area contributed by atoms with Gasteiger partial charge >= 0.3 is 0 Å². The van der Waals surface area contributed by atoms with Crippen LogP contribution in [0.25, 0.3) is 0 Å². The van der Waals surface area contributed by atoms with Gasteiger partial charge < -0.3 is 10.2 Å². The van der Waals surface area contributed by atoms with Crippen LogP contribution in [-0.4, -0.2) is 36.5 Å². The summed E-state index contributed by atoms with van der Waals surface area (Å²) in [6.07, 6.45) is 3.95. The van der Waals surface area contributed by atoms with E-state index in [0.717, 1.165) is 45.3 Å². The molecule has 4 heteroatoms. The summed E-state index contributed by atoms with van der Waals surface area (Å²) in [5, 5.41) is 7.75. The number of rotatable bonds is 3. The van der Waals surface area contributed by atoms with Gasteiger partial charge in [-0.2, -0.15) is 11.3 Å². The Morgan fingerprint density at radius 1 is 1.44 bits per heavy atom. The quantitative estimate of drug-likeness (QED) is 0.904. The predicted octanol–water partition coefficient (Wildman–Crippen LogP) is 1.89. The Morgan fingerprint density at radius 2 is 2.39 bits per heavy atom. The molecular formula is C14H20N2OS. The second kappa shape index (κ2) is 5.41. The molecule has 2 aliphatic rings. The molecule has 2 unspecified atom stereocenters. The zero-order valence-corrected chi connectivity index (χ0v) is 11.4. The third kappa shape index (κ3) is 2.45. The Balaban J connectivity index is 1.65. The number of carbonyl (C=O) groups excluding carboxylic acids is 1. The minimum absolute atomic E-state index is 0.369. The lowest BCUT2D eigenvalue weighted by atomic mass is 9.84. The van der Waals surface area contributed by atoms with Crippen molar-refractivity contribution in [1.82, 2.24) is 10.2 Å². The molecule has 2 atom stereocenters. The first kappa shape index (κ1) is 12.2. The molecule has 18 heavy (non-hydrogen) atoms. The van der Waals surface area contributed by atoms with Gasteiger partial charge in [-0.3, -0.25) is 4.79 Å². The second-order valence-electron chi connectivity index (χ2n) is 5.33. The Bertz CT molecular complexity index is 404. The largest absolute Gasteiger partial charge is 0.339 e. The number of nitrogens with zero attached hydrogens (tertiary/aromatic N) is 1. The molecule has 0 aliphatic carbocycles. The summed E-state index contributed by atoms with van der Waals surface area (Å²) in [6.45, 7) is 3.05. The lowest BCUT2D eigenvalue weighted by Crippen LogP contribution is -2.55. The van der Waals surface area contributed by atoms with E-state index in [0.29, 0.717) is 17.9 Å². The van der Waals surface area contributed by atoms with Crippen LogP contribution >= 0.6 is 11.3 Å². The molecule has 98 valence electrons. The SMILES string of the molecule is O=C1CCC2CNCCC2N1CCc1ccsc1. The summed E-state index contributed by atoms with van der Waals surface area (Å²) in [5.74, 6) is 1.05. The van der Waals surface area contributed by atoms with Crippen LogP contribution in [0.3, 0.4) is 0 Å². The molecule has 2 aliphatic heterocycles. The monoisotopic (exact) mass is 264 g/mol. The van der Waals surface area contributed by atoms with Crippen molar-refractivity contribution in [2.24, 2.45) is 5.92 Å². The van der Waals surface area contributed by atoms with E-state index >= 15 is 0 Å². The number of fused-ring (bicyclic) bond motifs is 1. The normalized spacial score (nSPS) is 28.2. The molecule has 0 bridgehead atoms. The van der Waals surface area contributed by atoms with E-state index in [-0.39, 0.29) is 0 Å². The number of thiophene rings is 1. The zero-order chi connectivity index (χ0) is 12.4. The van der Waals surface area contributed by atoms with Crippen molar-refractivity contribution in [1.29, 1.82) is 0 Å². The summed E-state index contributed by atoms with van der Waals surface area (Å²) >= 11 is 1.74. The summed E-state index contributed by atoms with van der Waals surface area (Å²) < 4.78 is 0. The Morgan fingerprint density at radius 3 is 3.22 bits per heavy atom. The summed E-state index contributed by atoms with van der Waals surface area (Å²) in [4.78, 5) is 14.3. The molecule has 0 radical (unpaired) electrons. The molecule has 2 saturated heterocycles. The first-order valence-electron chi connectivity index (χ1n) is 6.86. The van der Waals surface area contributed by atoms with Crippen LogP contribution in [0.15, 0.2) is 16.8 Å². The van der Waals surface area contributed by atoms with Crippen molar-refractivity contribution >= 4 is 17.2 Å². The van der Waals surface area contributed by atoms with E-state index in [2.05, 4.69) is 27.0 Å². The van der Waals surface area contributed by atoms with E-state index in [1.54, 1.807) is 11.3 Å². The van der Waals surface area contributed by atoms with Crippen molar-refractivity contribution < 1.29 is 4.79 Å². The van der Waals surface area contributed by atoms with Gasteiger partial charge in [0.15, 0.2) is 0 Å². The van der Waals surface area contributed by atoms with Gasteiger partial charge in [-0.15, -0.1) is 0 Å². The highest BCUT2D eigenvalue weighted by atomic mass is 32.1. The zero-order valence-electron chi connectivity index (χ0n) is 10.6. The van der Waals surface area contributed by atoms with Crippen molar-refractivity contribution in [3.8, 4) is 0 Å². The highest BCUT2D eigenvalue weighted by Gasteiger charge is 2.36. The average molecular weight is 264 g/mol. The van der Waals surface area contributed by atoms with Crippen LogP contribution in [0.5, 0.6) is 0 Å². The molecule has 0 spiro atoms. The molecule has 0 saturated carbocycles. The number of likely N-dealkylation sites (tertiary alicyclic amines) is 1. The third-order valence-electron chi connectivity index (χ3n) is 4.24. The summed E-state index contributed by atoms with van der Waals surface area (Å²) in [5.41, 5.74) is 1.36. The van der Waals surface area contributed by atoms with Gasteiger partial charge in [0.05, 0.1) is 0 Å². The van der Waals surface area contributed by atoms with E-state index in [1.807, 2.05) is 0 Å². The number of amides is 1. The molecule has 1 amide bonds. The number of carbonyl (C=O) groups is 1. The van der Waals surface area contributed by atoms with E-state index in [9.17, 15) is 4.79 Å². The number of hydrogen-bond acceptors (Lipinski definition) is 3. The minimum Gasteiger partial charge on any atom is -0.339 e. The first-order chi connectivity index (χ1) is 8.84. The Kier molecular flexibility index (Phi) is 3.66. The van der Waals surface area contributed by atoms with Crippen LogP contribution in [0.4, 0.5) is 0 Å². The van der Waals surface area contributed by atoms with E-state index in [1.165, 1.54) is 5.56 Å². The number of piperidine rings is 2. The molecule has 2 fully saturated rings. The number of hydrogen-bond donors (Lipinski definition) is 1. The fourth-order valence-corrected chi connectivity index (χ4v) is 3.93. The van der Waals surface area contributed by atoms with Crippen molar-refractivity contribution in [2.45, 2.75) is 31.7 Å². The van der Waals surface area contributed by atoms with Gasteiger partial charge in [0.2, 0.25) is 5.91 Å². The summed E-state index contributed by atoms with van der Waals surface area (Å²) in [6, 6.07) is 2.66. The van der Waals surface area contributed by atoms with Crippen LogP contribution in [0.2, 0.25) is 0 Å². The van der Waals surface area contributed by atoms with Crippen LogP contribution in [-0.2, 0) is 11.2 Å². The average Bonchev–Trinajstić information content (AvgIpc) is 2.91. The maximum Gasteiger partial charge on any atom is 0.222 e. The van der Waals surface area contributed by atoms with Gasteiger partial charge in [-0.05, 0) is 60.7 Å². The summed E-state index contributed by atoms with van der Waals surface area (Å²) in [7, 11) is 0. The molecule has 0 aromatic carbocycles. The minimum atomic E-state index is 0.369. The molecule has 1 aromatic heterocycles. The molecule has 3 rings (SSSR count). The van der Waals surface area contributed by atoms with Gasteiger partial charge in [-0.25, -0.2) is 0 Å². The molecular weight excluding hydrogens is 244 g/mol. The molecule has 3 heterocycles. The van der Waals surface area contributed by atoms with Crippen LogP contribution in [0, 0.1) is 5.92 Å². The maximum absolute atomic E-state index is 12.1. The Labute approximate surface area is 112 Å². The lowest BCUT2D eigenvalue weighted by Gasteiger charge is -2.44. The van der Waals surface area contributed by atoms with E-state index in [4.69, 9.17) is 0 Å². The maximum atomic E-state index is 12.1. The molecule has 1 aromatic rings. The highest BCUT2D eigenvalue weighted by Crippen LogP contribution is 2.28. The van der Waals surface area contributed by atoms with Crippen LogP contribution in [0.1, 0.15) is 24.8 Å². The smallest absolute Gasteiger partial charge is 0.222 e. The number of nitrogens with one attached hydrogen (secondary N) is 1. The standard InChI is InChI=1S/C14H20N2OS/c17-14-2-1-12-9-15-6-3-13(12)16(14)7-4-11-5-8-18-10-11/h5,8,10,12-13,15H,1-4,6-7,9H2. The fraction of sp³-hybridized carbons (Fsp3) is 0.643. The third-order valence-corrected chi connectivity index (χ3v) is 4.97. The van der Waals surface area contributed by atoms with Gasteiger partial charge in [0.1, 0.15) is 0 Å². The fourth-order valence-electron chi connectivity index (χ4n) is 3.23. The topological polar surface area (TPSA) is 32.3 Å². The predicted molar refractivity (Wildman–Crippen MR) is 73.7 cm³/mol. The van der Waals surface area contributed by atoms with E-state index < -0.39 is 0 Å². The van der Waals surface area contributed by atoms with Gasteiger partial charge in [-0.1, -0.05) is 0 Å². The van der Waals surface area contributed by atoms with Crippen LogP contribution < -0.4 is 5.32 Å². The van der Waals surface area contributed by atoms with Crippen molar-refractivity contribution in [2.75, 3.05) is 19.6 Å². The van der Waals surface area contributed by atoms with Crippen molar-refractivity contribution in [3.63, 3.8) is 0 Å². The highest BCUT2D eigenvalue weighted by molar-refractivity contribution is 7.07. The molecule has 3 nitrogen and oxygen atoms in total. The van der Waals surface area contributed by atoms with Gasteiger partial charge in [0.25, 0.3) is 0 Å². The molecule has 1 N–H and O–H groups in total.